The fourth-order valence-electron chi connectivity index (χ4n) is 2.24. The van der Waals surface area contributed by atoms with Crippen molar-refractivity contribution in [3.8, 4) is 0 Å². The number of rotatable bonds is 5. The van der Waals surface area contributed by atoms with Gasteiger partial charge < -0.3 is 5.11 Å². The summed E-state index contributed by atoms with van der Waals surface area (Å²) in [5, 5.41) is 8.75. The molecule has 21 heavy (non-hydrogen) atoms. The lowest BCUT2D eigenvalue weighted by Crippen LogP contribution is -2.40. The highest BCUT2D eigenvalue weighted by molar-refractivity contribution is 7.89. The molecule has 0 bridgehead atoms. The Morgan fingerprint density at radius 2 is 2.00 bits per heavy atom. The number of sulfonamides is 1. The highest BCUT2D eigenvalue weighted by Gasteiger charge is 2.34. The highest BCUT2D eigenvalue weighted by atomic mass is 32.2. The van der Waals surface area contributed by atoms with Crippen LogP contribution in [-0.2, 0) is 10.0 Å². The van der Waals surface area contributed by atoms with Crippen LogP contribution in [-0.4, -0.2) is 26.0 Å². The summed E-state index contributed by atoms with van der Waals surface area (Å²) in [7, 11) is -4.23. The summed E-state index contributed by atoms with van der Waals surface area (Å²) >= 11 is 0. The normalized spacial score (nSPS) is 17.3. The third kappa shape index (κ3) is 3.06. The molecule has 0 heterocycles. The zero-order valence-corrected chi connectivity index (χ0v) is 12.1. The van der Waals surface area contributed by atoms with Crippen molar-refractivity contribution in [2.45, 2.75) is 31.1 Å². The van der Waals surface area contributed by atoms with E-state index in [1.165, 1.54) is 0 Å². The van der Waals surface area contributed by atoms with Crippen molar-refractivity contribution in [3.05, 3.63) is 29.3 Å². The highest BCUT2D eigenvalue weighted by Crippen LogP contribution is 2.39. The maximum Gasteiger partial charge on any atom is 0.341 e. The maximum absolute atomic E-state index is 14.0. The standard InChI is InChI=1S/C13H15F2NO4S/c1-13(5-2-6-13)7-16-21(19,20)9-4-3-8(14)10(11(9)15)12(17)18/h3-4,16H,2,5-7H2,1H3,(H,17,18). The number of hydrogen-bond acceptors (Lipinski definition) is 3. The number of carbonyl (C=O) groups is 1. The Labute approximate surface area is 121 Å². The molecule has 0 unspecified atom stereocenters. The molecule has 1 saturated carbocycles. The smallest absolute Gasteiger partial charge is 0.341 e. The van der Waals surface area contributed by atoms with Crippen LogP contribution in [0.1, 0.15) is 36.5 Å². The molecule has 1 aromatic rings. The van der Waals surface area contributed by atoms with Crippen molar-refractivity contribution in [1.29, 1.82) is 0 Å². The van der Waals surface area contributed by atoms with E-state index in [0.717, 1.165) is 25.3 Å². The van der Waals surface area contributed by atoms with Crippen LogP contribution in [0.15, 0.2) is 17.0 Å². The summed E-state index contributed by atoms with van der Waals surface area (Å²) in [6.07, 6.45) is 2.73. The predicted octanol–water partition coefficient (Wildman–Crippen LogP) is 2.13. The van der Waals surface area contributed by atoms with Crippen LogP contribution in [0.4, 0.5) is 8.78 Å². The van der Waals surface area contributed by atoms with Crippen molar-refractivity contribution >= 4 is 16.0 Å². The summed E-state index contributed by atoms with van der Waals surface area (Å²) in [6, 6.07) is 1.36. The Bertz CT molecular complexity index is 684. The molecule has 0 radical (unpaired) electrons. The van der Waals surface area contributed by atoms with Gasteiger partial charge in [0, 0.05) is 6.54 Å². The molecule has 2 N–H and O–H groups in total. The summed E-state index contributed by atoms with van der Waals surface area (Å²) < 4.78 is 53.6. The Hall–Kier alpha value is -1.54. The quantitative estimate of drug-likeness (QED) is 0.871. The first-order chi connectivity index (χ1) is 9.66. The Balaban J connectivity index is 2.32. The van der Waals surface area contributed by atoms with Gasteiger partial charge in [-0.3, -0.25) is 0 Å². The number of nitrogens with one attached hydrogen (secondary N) is 1. The van der Waals surface area contributed by atoms with Gasteiger partial charge in [0.1, 0.15) is 16.3 Å². The molecule has 1 aliphatic rings. The van der Waals surface area contributed by atoms with Gasteiger partial charge in [0.25, 0.3) is 0 Å². The molecule has 8 heteroatoms. The molecule has 1 aromatic carbocycles. The predicted molar refractivity (Wildman–Crippen MR) is 70.5 cm³/mol. The summed E-state index contributed by atoms with van der Waals surface area (Å²) in [6.45, 7) is 2.04. The summed E-state index contributed by atoms with van der Waals surface area (Å²) in [4.78, 5) is 9.94. The lowest BCUT2D eigenvalue weighted by atomic mass is 9.71. The first-order valence-electron chi connectivity index (χ1n) is 6.37. The van der Waals surface area contributed by atoms with Crippen LogP contribution in [0.5, 0.6) is 0 Å². The Kier molecular flexibility index (Phi) is 4.03. The fourth-order valence-corrected chi connectivity index (χ4v) is 3.52. The summed E-state index contributed by atoms with van der Waals surface area (Å²) in [5.41, 5.74) is -1.44. The van der Waals surface area contributed by atoms with E-state index in [0.29, 0.717) is 6.07 Å². The average Bonchev–Trinajstić information content (AvgIpc) is 2.33. The Morgan fingerprint density at radius 1 is 1.38 bits per heavy atom. The van der Waals surface area contributed by atoms with Crippen molar-refractivity contribution in [1.82, 2.24) is 4.72 Å². The molecule has 0 atom stereocenters. The zero-order valence-electron chi connectivity index (χ0n) is 11.3. The third-order valence-electron chi connectivity index (χ3n) is 3.81. The first-order valence-corrected chi connectivity index (χ1v) is 7.86. The number of benzene rings is 1. The molecular formula is C13H15F2NO4S. The molecule has 0 aromatic heterocycles. The minimum atomic E-state index is -4.23. The van der Waals surface area contributed by atoms with Gasteiger partial charge in [0.2, 0.25) is 10.0 Å². The minimum absolute atomic E-state index is 0.133. The molecule has 0 spiro atoms. The number of hydrogen-bond donors (Lipinski definition) is 2. The average molecular weight is 319 g/mol. The first kappa shape index (κ1) is 15.8. The minimum Gasteiger partial charge on any atom is -0.477 e. The number of carboxylic acids is 1. The van der Waals surface area contributed by atoms with Gasteiger partial charge in [-0.1, -0.05) is 13.3 Å². The second-order valence-corrected chi connectivity index (χ2v) is 7.26. The zero-order chi connectivity index (χ0) is 15.8. The van der Waals surface area contributed by atoms with Gasteiger partial charge in [0.15, 0.2) is 5.82 Å². The summed E-state index contributed by atoms with van der Waals surface area (Å²) in [5.74, 6) is -4.76. The van der Waals surface area contributed by atoms with Gasteiger partial charge >= 0.3 is 5.97 Å². The van der Waals surface area contributed by atoms with Crippen molar-refractivity contribution in [2.24, 2.45) is 5.41 Å². The molecule has 0 saturated heterocycles. The van der Waals surface area contributed by atoms with Crippen LogP contribution < -0.4 is 4.72 Å². The molecule has 116 valence electrons. The van der Waals surface area contributed by atoms with E-state index in [4.69, 9.17) is 5.11 Å². The third-order valence-corrected chi connectivity index (χ3v) is 5.23. The molecule has 0 aliphatic heterocycles. The van der Waals surface area contributed by atoms with Gasteiger partial charge in [-0.05, 0) is 30.4 Å². The fraction of sp³-hybridized carbons (Fsp3) is 0.462. The van der Waals surface area contributed by atoms with E-state index < -0.39 is 38.1 Å². The van der Waals surface area contributed by atoms with Gasteiger partial charge in [-0.15, -0.1) is 0 Å². The van der Waals surface area contributed by atoms with Crippen molar-refractivity contribution in [3.63, 3.8) is 0 Å². The molecular weight excluding hydrogens is 304 g/mol. The SMILES string of the molecule is CC1(CNS(=O)(=O)c2ccc(F)c(C(=O)O)c2F)CCC1. The number of carboxylic acid groups (broad SMARTS) is 1. The van der Waals surface area contributed by atoms with Crippen LogP contribution in [0.3, 0.4) is 0 Å². The monoisotopic (exact) mass is 319 g/mol. The van der Waals surface area contributed by atoms with E-state index in [2.05, 4.69) is 4.72 Å². The van der Waals surface area contributed by atoms with E-state index in [1.807, 2.05) is 6.92 Å². The van der Waals surface area contributed by atoms with Crippen LogP contribution in [0.25, 0.3) is 0 Å². The second-order valence-electron chi connectivity index (χ2n) is 5.53. The van der Waals surface area contributed by atoms with E-state index >= 15 is 0 Å². The maximum atomic E-state index is 14.0. The second kappa shape index (κ2) is 5.34. The molecule has 2 rings (SSSR count). The van der Waals surface area contributed by atoms with E-state index in [1.54, 1.807) is 0 Å². The van der Waals surface area contributed by atoms with E-state index in [-0.39, 0.29) is 12.0 Å². The molecule has 1 fully saturated rings. The Morgan fingerprint density at radius 3 is 2.48 bits per heavy atom. The van der Waals surface area contributed by atoms with Crippen LogP contribution in [0.2, 0.25) is 0 Å². The lowest BCUT2D eigenvalue weighted by Gasteiger charge is -2.38. The van der Waals surface area contributed by atoms with Gasteiger partial charge in [-0.25, -0.2) is 26.7 Å². The largest absolute Gasteiger partial charge is 0.477 e. The van der Waals surface area contributed by atoms with Gasteiger partial charge in [0.05, 0.1) is 0 Å². The van der Waals surface area contributed by atoms with Crippen molar-refractivity contribution in [2.75, 3.05) is 6.54 Å². The molecule has 5 nitrogen and oxygen atoms in total. The van der Waals surface area contributed by atoms with Crippen LogP contribution >= 0.6 is 0 Å². The topological polar surface area (TPSA) is 83.5 Å². The molecule has 0 amide bonds. The van der Waals surface area contributed by atoms with Crippen molar-refractivity contribution < 1.29 is 27.1 Å². The van der Waals surface area contributed by atoms with Crippen LogP contribution in [0, 0.1) is 17.0 Å². The molecule has 1 aliphatic carbocycles. The lowest BCUT2D eigenvalue weighted by molar-refractivity contribution is 0.0685. The van der Waals surface area contributed by atoms with Gasteiger partial charge in [-0.2, -0.15) is 0 Å². The number of halogens is 2. The number of aromatic carboxylic acids is 1. The van der Waals surface area contributed by atoms with E-state index in [9.17, 15) is 22.0 Å².